The van der Waals surface area contributed by atoms with E-state index in [9.17, 15) is 14.3 Å². The second-order valence-electron chi connectivity index (χ2n) is 9.37. The number of anilines is 1. The summed E-state index contributed by atoms with van der Waals surface area (Å²) in [6.45, 7) is 3.38. The Bertz CT molecular complexity index is 1610. The Morgan fingerprint density at radius 1 is 1.06 bits per heavy atom. The predicted molar refractivity (Wildman–Crippen MR) is 136 cm³/mol. The van der Waals surface area contributed by atoms with Crippen molar-refractivity contribution < 1.29 is 14.3 Å². The van der Waals surface area contributed by atoms with E-state index in [1.165, 1.54) is 6.07 Å². The first-order chi connectivity index (χ1) is 17.4. The highest BCUT2D eigenvalue weighted by Crippen LogP contribution is 2.36. The van der Waals surface area contributed by atoms with E-state index in [-0.39, 0.29) is 11.7 Å². The summed E-state index contributed by atoms with van der Waals surface area (Å²) in [4.78, 5) is 18.1. The zero-order valence-corrected chi connectivity index (χ0v) is 20.0. The second kappa shape index (κ2) is 8.44. The highest BCUT2D eigenvalue weighted by atomic mass is 19.1. The first kappa shape index (κ1) is 22.2. The van der Waals surface area contributed by atoms with Gasteiger partial charge in [0, 0.05) is 42.7 Å². The number of halogens is 1. The molecule has 5 aromatic rings. The Balaban J connectivity index is 1.42. The average Bonchev–Trinajstić information content (AvgIpc) is 3.47. The van der Waals surface area contributed by atoms with E-state index in [4.69, 9.17) is 5.10 Å². The van der Waals surface area contributed by atoms with Crippen molar-refractivity contribution in [3.63, 3.8) is 0 Å². The standard InChI is InChI=1S/C27H25FN6O2/c1-16-4-3-5-20-24(19-7-8-22(28)25-21(19)15-32(2)30-25)31-34(26(16)20)18-6-9-23(29-14-18)33-12-10-17(11-13-33)27(35)36/h3-9,14-15,17H,10-13H2,1-2H3,(H,35,36). The molecule has 0 radical (unpaired) electrons. The molecular formula is C27H25FN6O2. The van der Waals surface area contributed by atoms with E-state index < -0.39 is 5.97 Å². The number of para-hydroxylation sites is 1. The van der Waals surface area contributed by atoms with Gasteiger partial charge in [-0.1, -0.05) is 18.2 Å². The number of pyridine rings is 1. The van der Waals surface area contributed by atoms with Gasteiger partial charge < -0.3 is 10.0 Å². The van der Waals surface area contributed by atoms with E-state index in [1.54, 1.807) is 24.0 Å². The Morgan fingerprint density at radius 3 is 2.58 bits per heavy atom. The number of piperidine rings is 1. The van der Waals surface area contributed by atoms with Crippen LogP contribution >= 0.6 is 0 Å². The summed E-state index contributed by atoms with van der Waals surface area (Å²) in [5.74, 6) is -0.539. The number of carboxylic acid groups (broad SMARTS) is 1. The minimum absolute atomic E-state index is 0.282. The monoisotopic (exact) mass is 484 g/mol. The van der Waals surface area contributed by atoms with Crippen LogP contribution in [0.25, 0.3) is 38.8 Å². The molecule has 1 saturated heterocycles. The fourth-order valence-electron chi connectivity index (χ4n) is 5.16. The van der Waals surface area contributed by atoms with Crippen LogP contribution in [0.4, 0.5) is 10.2 Å². The van der Waals surface area contributed by atoms with Crippen LogP contribution in [0.5, 0.6) is 0 Å². The van der Waals surface area contributed by atoms with Crippen molar-refractivity contribution in [2.75, 3.05) is 18.0 Å². The van der Waals surface area contributed by atoms with Crippen molar-refractivity contribution in [1.82, 2.24) is 24.5 Å². The van der Waals surface area contributed by atoms with E-state index in [1.807, 2.05) is 48.1 Å². The topological polar surface area (TPSA) is 89.1 Å². The zero-order valence-electron chi connectivity index (χ0n) is 20.0. The van der Waals surface area contributed by atoms with Gasteiger partial charge in [0.05, 0.1) is 23.3 Å². The van der Waals surface area contributed by atoms with Gasteiger partial charge in [-0.3, -0.25) is 9.48 Å². The molecule has 3 aromatic heterocycles. The molecule has 1 aliphatic heterocycles. The van der Waals surface area contributed by atoms with Crippen molar-refractivity contribution in [3.8, 4) is 16.9 Å². The first-order valence-corrected chi connectivity index (χ1v) is 12.0. The highest BCUT2D eigenvalue weighted by molar-refractivity contribution is 6.03. The molecule has 1 N–H and O–H groups in total. The van der Waals surface area contributed by atoms with Crippen molar-refractivity contribution >= 4 is 33.6 Å². The number of carboxylic acids is 1. The number of hydrogen-bond acceptors (Lipinski definition) is 5. The maximum atomic E-state index is 14.5. The fraction of sp³-hybridized carbons (Fsp3) is 0.259. The quantitative estimate of drug-likeness (QED) is 0.397. The Morgan fingerprint density at radius 2 is 1.86 bits per heavy atom. The third kappa shape index (κ3) is 3.59. The molecule has 182 valence electrons. The zero-order chi connectivity index (χ0) is 25.0. The molecule has 9 heteroatoms. The number of aryl methyl sites for hydroxylation is 2. The van der Waals surface area contributed by atoms with E-state index >= 15 is 0 Å². The Labute approximate surface area is 206 Å². The largest absolute Gasteiger partial charge is 0.481 e. The lowest BCUT2D eigenvalue weighted by molar-refractivity contribution is -0.142. The SMILES string of the molecule is Cc1cccc2c(-c3ccc(F)c4nn(C)cc34)nn(-c3ccc(N4CCC(C(=O)O)CC4)nc3)c12. The minimum Gasteiger partial charge on any atom is -0.481 e. The number of aliphatic carboxylic acids is 1. The number of rotatable bonds is 4. The van der Waals surface area contributed by atoms with Crippen LogP contribution in [0.3, 0.4) is 0 Å². The van der Waals surface area contributed by atoms with Gasteiger partial charge in [0.15, 0.2) is 5.82 Å². The summed E-state index contributed by atoms with van der Waals surface area (Å²) >= 11 is 0. The van der Waals surface area contributed by atoms with Crippen LogP contribution in [-0.2, 0) is 11.8 Å². The lowest BCUT2D eigenvalue weighted by Crippen LogP contribution is -2.36. The molecule has 1 fully saturated rings. The molecule has 0 unspecified atom stereocenters. The summed E-state index contributed by atoms with van der Waals surface area (Å²) in [5.41, 5.74) is 4.74. The lowest BCUT2D eigenvalue weighted by atomic mass is 9.97. The molecule has 0 atom stereocenters. The summed E-state index contributed by atoms with van der Waals surface area (Å²) in [7, 11) is 1.78. The molecule has 8 nitrogen and oxygen atoms in total. The second-order valence-corrected chi connectivity index (χ2v) is 9.37. The van der Waals surface area contributed by atoms with Crippen molar-refractivity contribution in [1.29, 1.82) is 0 Å². The molecule has 0 spiro atoms. The molecular weight excluding hydrogens is 459 g/mol. The van der Waals surface area contributed by atoms with Crippen LogP contribution < -0.4 is 4.90 Å². The van der Waals surface area contributed by atoms with Gasteiger partial charge in [-0.2, -0.15) is 10.2 Å². The molecule has 0 amide bonds. The Hall–Kier alpha value is -4.27. The molecule has 0 aliphatic carbocycles. The number of hydrogen-bond donors (Lipinski definition) is 1. The van der Waals surface area contributed by atoms with E-state index in [0.717, 1.165) is 39.2 Å². The molecule has 6 rings (SSSR count). The predicted octanol–water partition coefficient (Wildman–Crippen LogP) is 4.72. The summed E-state index contributed by atoms with van der Waals surface area (Å²) < 4.78 is 18.0. The molecule has 2 aromatic carbocycles. The third-order valence-electron chi connectivity index (χ3n) is 7.05. The fourth-order valence-corrected chi connectivity index (χ4v) is 5.16. The normalized spacial score (nSPS) is 14.7. The van der Waals surface area contributed by atoms with Gasteiger partial charge in [0.1, 0.15) is 17.0 Å². The van der Waals surface area contributed by atoms with Crippen LogP contribution in [-0.4, -0.2) is 48.7 Å². The van der Waals surface area contributed by atoms with Gasteiger partial charge in [-0.15, -0.1) is 0 Å². The van der Waals surface area contributed by atoms with Crippen LogP contribution in [0.15, 0.2) is 54.9 Å². The number of carbonyl (C=O) groups is 1. The summed E-state index contributed by atoms with van der Waals surface area (Å²) in [6, 6.07) is 13.2. The number of benzene rings is 2. The van der Waals surface area contributed by atoms with Crippen LogP contribution in [0, 0.1) is 18.7 Å². The van der Waals surface area contributed by atoms with E-state index in [2.05, 4.69) is 15.0 Å². The maximum absolute atomic E-state index is 14.5. The smallest absolute Gasteiger partial charge is 0.306 e. The lowest BCUT2D eigenvalue weighted by Gasteiger charge is -2.31. The van der Waals surface area contributed by atoms with Crippen LogP contribution in [0.2, 0.25) is 0 Å². The molecule has 0 bridgehead atoms. The number of aromatic nitrogens is 5. The highest BCUT2D eigenvalue weighted by Gasteiger charge is 2.25. The van der Waals surface area contributed by atoms with Gasteiger partial charge >= 0.3 is 5.97 Å². The number of fused-ring (bicyclic) bond motifs is 2. The minimum atomic E-state index is -0.723. The van der Waals surface area contributed by atoms with Crippen LogP contribution in [0.1, 0.15) is 18.4 Å². The van der Waals surface area contributed by atoms with E-state index in [0.29, 0.717) is 36.8 Å². The van der Waals surface area contributed by atoms with Crippen molar-refractivity contribution in [3.05, 3.63) is 66.2 Å². The Kier molecular flexibility index (Phi) is 5.21. The third-order valence-corrected chi connectivity index (χ3v) is 7.05. The summed E-state index contributed by atoms with van der Waals surface area (Å²) in [5, 5.41) is 20.2. The van der Waals surface area contributed by atoms with Gasteiger partial charge in [0.25, 0.3) is 0 Å². The van der Waals surface area contributed by atoms with Crippen molar-refractivity contribution in [2.24, 2.45) is 13.0 Å². The molecule has 36 heavy (non-hydrogen) atoms. The van der Waals surface area contributed by atoms with Gasteiger partial charge in [0.2, 0.25) is 0 Å². The molecule has 4 heterocycles. The van der Waals surface area contributed by atoms with Gasteiger partial charge in [-0.05, 0) is 49.6 Å². The first-order valence-electron chi connectivity index (χ1n) is 12.0. The average molecular weight is 485 g/mol. The van der Waals surface area contributed by atoms with Crippen molar-refractivity contribution in [2.45, 2.75) is 19.8 Å². The summed E-state index contributed by atoms with van der Waals surface area (Å²) in [6.07, 6.45) is 4.85. The molecule has 0 saturated carbocycles. The molecule has 1 aliphatic rings. The van der Waals surface area contributed by atoms with Gasteiger partial charge in [-0.25, -0.2) is 14.1 Å². The number of nitrogens with zero attached hydrogens (tertiary/aromatic N) is 6. The maximum Gasteiger partial charge on any atom is 0.306 e.